The Kier molecular flexibility index (Phi) is 14.4. The van der Waals surface area contributed by atoms with Gasteiger partial charge in [0.1, 0.15) is 0 Å². The second-order valence-electron chi connectivity index (χ2n) is 12.3. The molecule has 2 saturated carbocycles. The van der Waals surface area contributed by atoms with Crippen LogP contribution in [0.4, 0.5) is 8.78 Å². The molecule has 212 valence electrons. The van der Waals surface area contributed by atoms with Crippen molar-refractivity contribution < 1.29 is 13.5 Å². The van der Waals surface area contributed by atoms with Gasteiger partial charge in [-0.15, -0.1) is 0 Å². The second kappa shape index (κ2) is 17.5. The van der Waals surface area contributed by atoms with Gasteiger partial charge in [-0.3, -0.25) is 0 Å². The van der Waals surface area contributed by atoms with E-state index in [9.17, 15) is 4.39 Å². The van der Waals surface area contributed by atoms with E-state index in [4.69, 9.17) is 4.74 Å². The van der Waals surface area contributed by atoms with Crippen LogP contribution >= 0.6 is 0 Å². The number of benzene rings is 1. The summed E-state index contributed by atoms with van der Waals surface area (Å²) in [6, 6.07) is 3.47. The highest BCUT2D eigenvalue weighted by Crippen LogP contribution is 2.45. The van der Waals surface area contributed by atoms with Crippen LogP contribution in [0.15, 0.2) is 12.1 Å². The largest absolute Gasteiger partial charge is 0.490 e. The third-order valence-corrected chi connectivity index (χ3v) is 9.57. The van der Waals surface area contributed by atoms with Gasteiger partial charge in [0.05, 0.1) is 6.61 Å². The Hall–Kier alpha value is -1.12. The Balaban J connectivity index is 1.35. The van der Waals surface area contributed by atoms with Crippen molar-refractivity contribution in [1.29, 1.82) is 0 Å². The Labute approximate surface area is 227 Å². The van der Waals surface area contributed by atoms with E-state index in [-0.39, 0.29) is 11.7 Å². The molecule has 0 aliphatic heterocycles. The highest BCUT2D eigenvalue weighted by atomic mass is 19.2. The van der Waals surface area contributed by atoms with Crippen LogP contribution in [0.1, 0.15) is 160 Å². The average molecular weight is 519 g/mol. The van der Waals surface area contributed by atoms with Crippen molar-refractivity contribution in [2.75, 3.05) is 6.61 Å². The van der Waals surface area contributed by atoms with Crippen molar-refractivity contribution in [3.63, 3.8) is 0 Å². The van der Waals surface area contributed by atoms with Crippen LogP contribution in [-0.4, -0.2) is 6.61 Å². The van der Waals surface area contributed by atoms with Gasteiger partial charge in [0, 0.05) is 0 Å². The van der Waals surface area contributed by atoms with Gasteiger partial charge >= 0.3 is 0 Å². The monoisotopic (exact) mass is 518 g/mol. The molecule has 3 rings (SSSR count). The lowest BCUT2D eigenvalue weighted by atomic mass is 9.68. The molecule has 37 heavy (non-hydrogen) atoms. The molecule has 0 spiro atoms. The van der Waals surface area contributed by atoms with Gasteiger partial charge in [-0.1, -0.05) is 110 Å². The molecule has 0 atom stereocenters. The molecule has 0 bridgehead atoms. The van der Waals surface area contributed by atoms with Crippen LogP contribution in [0.5, 0.6) is 5.75 Å². The number of unbranched alkanes of at least 4 members (excludes halogenated alkanes) is 10. The van der Waals surface area contributed by atoms with Crippen LogP contribution < -0.4 is 4.74 Å². The van der Waals surface area contributed by atoms with Gasteiger partial charge < -0.3 is 4.74 Å². The minimum Gasteiger partial charge on any atom is -0.490 e. The van der Waals surface area contributed by atoms with E-state index in [0.717, 1.165) is 43.4 Å². The number of hydrogen-bond donors (Lipinski definition) is 0. The molecular formula is C34H56F2O. The van der Waals surface area contributed by atoms with Gasteiger partial charge in [-0.2, -0.15) is 4.39 Å². The van der Waals surface area contributed by atoms with E-state index >= 15 is 4.39 Å². The van der Waals surface area contributed by atoms with Gasteiger partial charge in [0.25, 0.3) is 0 Å². The predicted molar refractivity (Wildman–Crippen MR) is 153 cm³/mol. The van der Waals surface area contributed by atoms with Gasteiger partial charge in [-0.05, 0) is 80.2 Å². The fourth-order valence-corrected chi connectivity index (χ4v) is 7.10. The zero-order valence-electron chi connectivity index (χ0n) is 24.2. The van der Waals surface area contributed by atoms with Crippen LogP contribution in [0.25, 0.3) is 0 Å². The van der Waals surface area contributed by atoms with E-state index in [2.05, 4.69) is 13.8 Å². The minimum absolute atomic E-state index is 0.0862. The summed E-state index contributed by atoms with van der Waals surface area (Å²) in [7, 11) is 0. The summed E-state index contributed by atoms with van der Waals surface area (Å²) in [6.07, 6.45) is 26.7. The maximum atomic E-state index is 15.0. The first-order valence-electron chi connectivity index (χ1n) is 16.2. The van der Waals surface area contributed by atoms with Gasteiger partial charge in [0.2, 0.25) is 5.82 Å². The number of rotatable bonds is 17. The summed E-state index contributed by atoms with van der Waals surface area (Å²) in [6.45, 7) is 4.98. The van der Waals surface area contributed by atoms with E-state index in [1.807, 2.05) is 0 Å². The molecule has 0 amide bonds. The summed E-state index contributed by atoms with van der Waals surface area (Å²) in [4.78, 5) is 0. The average Bonchev–Trinajstić information content (AvgIpc) is 2.93. The van der Waals surface area contributed by atoms with Gasteiger partial charge in [-0.25, -0.2) is 4.39 Å². The molecule has 0 unspecified atom stereocenters. The highest BCUT2D eigenvalue weighted by Gasteiger charge is 2.32. The summed E-state index contributed by atoms with van der Waals surface area (Å²) in [5.41, 5.74) is 0.575. The van der Waals surface area contributed by atoms with E-state index in [1.165, 1.54) is 109 Å². The standard InChI is InChI=1S/C34H56F2O/c1-3-5-7-9-10-12-14-26-37-32-25-24-31(33(35)34(32)36)30-22-20-29(21-23-30)28-18-16-27(17-19-28)15-13-11-8-6-4-2/h24-25,27-30H,3-23,26H2,1-2H3. The van der Waals surface area contributed by atoms with E-state index < -0.39 is 11.6 Å². The lowest BCUT2D eigenvalue weighted by Crippen LogP contribution is -2.25. The molecular weight excluding hydrogens is 462 g/mol. The van der Waals surface area contributed by atoms with E-state index in [1.54, 1.807) is 12.1 Å². The normalized spacial score (nSPS) is 24.3. The molecule has 1 aromatic rings. The van der Waals surface area contributed by atoms with Crippen LogP contribution in [0.2, 0.25) is 0 Å². The first-order chi connectivity index (χ1) is 18.1. The van der Waals surface area contributed by atoms with Crippen molar-refractivity contribution in [3.05, 3.63) is 29.3 Å². The molecule has 2 aliphatic rings. The summed E-state index contributed by atoms with van der Waals surface area (Å²) in [5.74, 6) is 1.40. The molecule has 2 aliphatic carbocycles. The molecule has 3 heteroatoms. The Morgan fingerprint density at radius 3 is 1.78 bits per heavy atom. The van der Waals surface area contributed by atoms with Crippen molar-refractivity contribution in [2.24, 2.45) is 17.8 Å². The highest BCUT2D eigenvalue weighted by molar-refractivity contribution is 5.33. The van der Waals surface area contributed by atoms with Crippen molar-refractivity contribution >= 4 is 0 Å². The molecule has 1 aromatic carbocycles. The molecule has 0 radical (unpaired) electrons. The second-order valence-corrected chi connectivity index (χ2v) is 12.3. The molecule has 0 aromatic heterocycles. The minimum atomic E-state index is -0.782. The van der Waals surface area contributed by atoms with E-state index in [0.29, 0.717) is 12.2 Å². The number of ether oxygens (including phenoxy) is 1. The predicted octanol–water partition coefficient (Wildman–Crippen LogP) is 11.5. The molecule has 0 saturated heterocycles. The lowest BCUT2D eigenvalue weighted by molar-refractivity contribution is 0.155. The van der Waals surface area contributed by atoms with Crippen LogP contribution in [-0.2, 0) is 0 Å². The van der Waals surface area contributed by atoms with Gasteiger partial charge in [0.15, 0.2) is 11.6 Å². The topological polar surface area (TPSA) is 9.23 Å². The summed E-state index contributed by atoms with van der Waals surface area (Å²) >= 11 is 0. The van der Waals surface area contributed by atoms with Crippen molar-refractivity contribution in [3.8, 4) is 5.75 Å². The first kappa shape index (κ1) is 30.4. The van der Waals surface area contributed by atoms with Crippen LogP contribution in [0, 0.1) is 29.4 Å². The van der Waals surface area contributed by atoms with Crippen LogP contribution in [0.3, 0.4) is 0 Å². The first-order valence-corrected chi connectivity index (χ1v) is 16.2. The maximum absolute atomic E-state index is 15.0. The fraction of sp³-hybridized carbons (Fsp3) is 0.824. The number of hydrogen-bond acceptors (Lipinski definition) is 1. The zero-order valence-corrected chi connectivity index (χ0v) is 24.2. The molecule has 0 N–H and O–H groups in total. The third-order valence-electron chi connectivity index (χ3n) is 9.57. The SMILES string of the molecule is CCCCCCCCCOc1ccc(C2CCC(C3CCC(CCCCCCC)CC3)CC2)c(F)c1F. The summed E-state index contributed by atoms with van der Waals surface area (Å²) in [5, 5.41) is 0. The number of halogens is 2. The smallest absolute Gasteiger partial charge is 0.200 e. The zero-order chi connectivity index (χ0) is 26.3. The lowest BCUT2D eigenvalue weighted by Gasteiger charge is -2.38. The molecule has 1 nitrogen and oxygen atoms in total. The fourth-order valence-electron chi connectivity index (χ4n) is 7.10. The Morgan fingerprint density at radius 1 is 0.622 bits per heavy atom. The quantitative estimate of drug-likeness (QED) is 0.186. The van der Waals surface area contributed by atoms with Crippen molar-refractivity contribution in [2.45, 2.75) is 155 Å². The third kappa shape index (κ3) is 10.2. The molecule has 0 heterocycles. The Morgan fingerprint density at radius 2 is 1.16 bits per heavy atom. The maximum Gasteiger partial charge on any atom is 0.200 e. The van der Waals surface area contributed by atoms with Crippen molar-refractivity contribution in [1.82, 2.24) is 0 Å². The Bertz CT molecular complexity index is 732. The molecule has 2 fully saturated rings. The summed E-state index contributed by atoms with van der Waals surface area (Å²) < 4.78 is 35.4.